The van der Waals surface area contributed by atoms with Gasteiger partial charge in [-0.15, -0.1) is 0 Å². The Labute approximate surface area is 92.7 Å². The van der Waals surface area contributed by atoms with Crippen LogP contribution in [0.1, 0.15) is 10.4 Å². The summed E-state index contributed by atoms with van der Waals surface area (Å²) < 4.78 is 13.9. The average Bonchev–Trinajstić information content (AvgIpc) is 2.30. The third kappa shape index (κ3) is 1.99. The van der Waals surface area contributed by atoms with Crippen LogP contribution in [0.25, 0.3) is 0 Å². The van der Waals surface area contributed by atoms with E-state index in [1.807, 2.05) is 4.90 Å². The molecule has 1 heterocycles. The monoisotopic (exact) mass is 224 g/mol. The van der Waals surface area contributed by atoms with Gasteiger partial charge in [0, 0.05) is 26.2 Å². The number of benzene rings is 1. The van der Waals surface area contributed by atoms with Gasteiger partial charge in [-0.3, -0.25) is 0 Å². The van der Waals surface area contributed by atoms with Crippen molar-refractivity contribution in [2.45, 2.75) is 0 Å². The van der Waals surface area contributed by atoms with E-state index < -0.39 is 11.8 Å². The molecule has 0 aromatic heterocycles. The quantitative estimate of drug-likeness (QED) is 0.784. The minimum absolute atomic E-state index is 0.268. The molecule has 1 aliphatic rings. The Morgan fingerprint density at radius 3 is 2.69 bits per heavy atom. The van der Waals surface area contributed by atoms with Crippen molar-refractivity contribution in [3.63, 3.8) is 0 Å². The number of halogens is 1. The van der Waals surface area contributed by atoms with Crippen molar-refractivity contribution >= 4 is 11.7 Å². The number of hydrogen-bond acceptors (Lipinski definition) is 3. The van der Waals surface area contributed by atoms with E-state index in [1.54, 1.807) is 12.1 Å². The first-order valence-electron chi connectivity index (χ1n) is 5.17. The van der Waals surface area contributed by atoms with E-state index in [1.165, 1.54) is 6.07 Å². The molecule has 2 rings (SSSR count). The van der Waals surface area contributed by atoms with Crippen LogP contribution in [-0.4, -0.2) is 37.3 Å². The van der Waals surface area contributed by atoms with Crippen molar-refractivity contribution in [1.29, 1.82) is 0 Å². The Hall–Kier alpha value is -1.62. The predicted octanol–water partition coefficient (Wildman–Crippen LogP) is 0.933. The number of nitrogens with one attached hydrogen (secondary N) is 1. The Bertz CT molecular complexity index is 403. The van der Waals surface area contributed by atoms with Gasteiger partial charge in [0.05, 0.1) is 11.3 Å². The normalized spacial score (nSPS) is 16.2. The minimum Gasteiger partial charge on any atom is -0.478 e. The second kappa shape index (κ2) is 4.49. The van der Waals surface area contributed by atoms with Crippen molar-refractivity contribution in [2.24, 2.45) is 0 Å². The minimum atomic E-state index is -1.23. The molecule has 1 aromatic carbocycles. The summed E-state index contributed by atoms with van der Waals surface area (Å²) in [6, 6.07) is 4.47. The lowest BCUT2D eigenvalue weighted by Gasteiger charge is -2.29. The van der Waals surface area contributed by atoms with Crippen LogP contribution in [0.4, 0.5) is 10.1 Å². The molecule has 86 valence electrons. The first-order chi connectivity index (χ1) is 7.70. The van der Waals surface area contributed by atoms with Gasteiger partial charge in [-0.1, -0.05) is 6.07 Å². The number of rotatable bonds is 2. The average molecular weight is 224 g/mol. The molecule has 16 heavy (non-hydrogen) atoms. The maximum absolute atomic E-state index is 13.9. The van der Waals surface area contributed by atoms with E-state index in [2.05, 4.69) is 5.32 Å². The summed E-state index contributed by atoms with van der Waals surface area (Å²) in [4.78, 5) is 12.6. The summed E-state index contributed by atoms with van der Waals surface area (Å²) in [5, 5.41) is 12.0. The largest absolute Gasteiger partial charge is 0.478 e. The number of carboxylic acid groups (broad SMARTS) is 1. The van der Waals surface area contributed by atoms with Crippen LogP contribution in [0.15, 0.2) is 18.2 Å². The molecule has 0 spiro atoms. The molecule has 0 unspecified atom stereocenters. The van der Waals surface area contributed by atoms with Crippen molar-refractivity contribution in [2.75, 3.05) is 31.1 Å². The van der Waals surface area contributed by atoms with Crippen molar-refractivity contribution in [1.82, 2.24) is 5.32 Å². The van der Waals surface area contributed by atoms with Gasteiger partial charge in [-0.2, -0.15) is 0 Å². The fourth-order valence-corrected chi connectivity index (χ4v) is 1.83. The zero-order valence-corrected chi connectivity index (χ0v) is 8.74. The van der Waals surface area contributed by atoms with Gasteiger partial charge >= 0.3 is 5.97 Å². The molecule has 0 saturated carbocycles. The number of anilines is 1. The molecular formula is C11H13FN2O2. The lowest BCUT2D eigenvalue weighted by atomic mass is 10.1. The van der Waals surface area contributed by atoms with E-state index in [0.29, 0.717) is 18.8 Å². The highest BCUT2D eigenvalue weighted by atomic mass is 19.1. The highest BCUT2D eigenvalue weighted by Crippen LogP contribution is 2.22. The van der Waals surface area contributed by atoms with Gasteiger partial charge in [0.2, 0.25) is 0 Å². The number of nitrogens with zero attached hydrogens (tertiary/aromatic N) is 1. The van der Waals surface area contributed by atoms with Crippen molar-refractivity contribution < 1.29 is 14.3 Å². The Balaban J connectivity index is 2.33. The third-order valence-corrected chi connectivity index (χ3v) is 2.67. The van der Waals surface area contributed by atoms with E-state index in [-0.39, 0.29) is 5.56 Å². The van der Waals surface area contributed by atoms with Crippen LogP contribution < -0.4 is 10.2 Å². The van der Waals surface area contributed by atoms with Gasteiger partial charge in [0.15, 0.2) is 5.82 Å². The molecule has 4 nitrogen and oxygen atoms in total. The summed E-state index contributed by atoms with van der Waals surface area (Å²) >= 11 is 0. The van der Waals surface area contributed by atoms with Gasteiger partial charge in [-0.05, 0) is 12.1 Å². The molecule has 0 bridgehead atoms. The second-order valence-electron chi connectivity index (χ2n) is 3.68. The van der Waals surface area contributed by atoms with E-state index >= 15 is 0 Å². The first-order valence-corrected chi connectivity index (χ1v) is 5.17. The molecule has 1 fully saturated rings. The third-order valence-electron chi connectivity index (χ3n) is 2.67. The molecule has 5 heteroatoms. The summed E-state index contributed by atoms with van der Waals surface area (Å²) in [5.41, 5.74) is 0.109. The second-order valence-corrected chi connectivity index (χ2v) is 3.68. The molecule has 1 aromatic rings. The summed E-state index contributed by atoms with van der Waals surface area (Å²) in [7, 11) is 0. The maximum atomic E-state index is 13.9. The molecule has 0 radical (unpaired) electrons. The van der Waals surface area contributed by atoms with Crippen LogP contribution in [0.5, 0.6) is 0 Å². The molecule has 0 atom stereocenters. The van der Waals surface area contributed by atoms with Crippen LogP contribution >= 0.6 is 0 Å². The van der Waals surface area contributed by atoms with Crippen LogP contribution in [0.3, 0.4) is 0 Å². The van der Waals surface area contributed by atoms with E-state index in [0.717, 1.165) is 13.1 Å². The number of aromatic carboxylic acids is 1. The number of carboxylic acids is 1. The summed E-state index contributed by atoms with van der Waals surface area (Å²) in [6.45, 7) is 2.97. The predicted molar refractivity (Wildman–Crippen MR) is 58.4 cm³/mol. The van der Waals surface area contributed by atoms with Crippen molar-refractivity contribution in [3.05, 3.63) is 29.6 Å². The van der Waals surface area contributed by atoms with E-state index in [4.69, 9.17) is 5.11 Å². The van der Waals surface area contributed by atoms with Crippen LogP contribution in [-0.2, 0) is 0 Å². The lowest BCUT2D eigenvalue weighted by Crippen LogP contribution is -2.44. The SMILES string of the molecule is O=C(O)c1cccc(N2CCNCC2)c1F. The maximum Gasteiger partial charge on any atom is 0.338 e. The van der Waals surface area contributed by atoms with Gasteiger partial charge in [0.1, 0.15) is 0 Å². The molecule has 0 aliphatic carbocycles. The van der Waals surface area contributed by atoms with Crippen molar-refractivity contribution in [3.8, 4) is 0 Å². The first kappa shape index (κ1) is 10.9. The lowest BCUT2D eigenvalue weighted by molar-refractivity contribution is 0.0692. The Kier molecular flexibility index (Phi) is 3.05. The van der Waals surface area contributed by atoms with Gasteiger partial charge < -0.3 is 15.3 Å². The standard InChI is InChI=1S/C11H13FN2O2/c12-10-8(11(15)16)2-1-3-9(10)14-6-4-13-5-7-14/h1-3,13H,4-7H2,(H,15,16). The topological polar surface area (TPSA) is 52.6 Å². The summed E-state index contributed by atoms with van der Waals surface area (Å²) in [6.07, 6.45) is 0. The molecule has 0 amide bonds. The van der Waals surface area contributed by atoms with Crippen LogP contribution in [0.2, 0.25) is 0 Å². The fourth-order valence-electron chi connectivity index (χ4n) is 1.83. The molecular weight excluding hydrogens is 211 g/mol. The zero-order valence-electron chi connectivity index (χ0n) is 8.74. The number of carbonyl (C=O) groups is 1. The Morgan fingerprint density at radius 2 is 2.06 bits per heavy atom. The number of piperazine rings is 1. The number of hydrogen-bond donors (Lipinski definition) is 2. The summed E-state index contributed by atoms with van der Waals surface area (Å²) in [5.74, 6) is -1.87. The highest BCUT2D eigenvalue weighted by molar-refractivity contribution is 5.89. The van der Waals surface area contributed by atoms with Crippen LogP contribution in [0, 0.1) is 5.82 Å². The Morgan fingerprint density at radius 1 is 1.38 bits per heavy atom. The molecule has 2 N–H and O–H groups in total. The van der Waals surface area contributed by atoms with E-state index in [9.17, 15) is 9.18 Å². The molecule has 1 aliphatic heterocycles. The zero-order chi connectivity index (χ0) is 11.5. The smallest absolute Gasteiger partial charge is 0.338 e. The van der Waals surface area contributed by atoms with Gasteiger partial charge in [0.25, 0.3) is 0 Å². The fraction of sp³-hybridized carbons (Fsp3) is 0.364. The molecule has 1 saturated heterocycles. The highest BCUT2D eigenvalue weighted by Gasteiger charge is 2.19. The van der Waals surface area contributed by atoms with Gasteiger partial charge in [-0.25, -0.2) is 9.18 Å².